The molecule has 0 fully saturated rings. The number of halogens is 5. The number of aromatic carboxylic acids is 1. The predicted octanol–water partition coefficient (Wildman–Crippen LogP) is 3.87. The maximum atomic E-state index is 14.3. The van der Waals surface area contributed by atoms with Gasteiger partial charge >= 0.3 is 12.1 Å². The summed E-state index contributed by atoms with van der Waals surface area (Å²) in [4.78, 5) is 24.8. The molecular weight excluding hydrogens is 432 g/mol. The first-order chi connectivity index (χ1) is 13.8. The molecule has 2 aromatic heterocycles. The second-order valence-corrected chi connectivity index (χ2v) is 6.82. The van der Waals surface area contributed by atoms with E-state index in [0.717, 1.165) is 23.9 Å². The molecule has 0 saturated heterocycles. The highest BCUT2D eigenvalue weighted by molar-refractivity contribution is 6.30. The van der Waals surface area contributed by atoms with E-state index in [-0.39, 0.29) is 22.0 Å². The second kappa shape index (κ2) is 7.24. The number of rotatable bonds is 4. The highest BCUT2D eigenvalue weighted by Gasteiger charge is 2.43. The van der Waals surface area contributed by atoms with Gasteiger partial charge in [-0.05, 0) is 25.1 Å². The van der Waals surface area contributed by atoms with Gasteiger partial charge in [-0.1, -0.05) is 11.6 Å². The summed E-state index contributed by atoms with van der Waals surface area (Å²) < 4.78 is 56.1. The lowest BCUT2D eigenvalue weighted by atomic mass is 9.97. The van der Waals surface area contributed by atoms with E-state index in [1.54, 1.807) is 0 Å². The maximum absolute atomic E-state index is 14.3. The average molecular weight is 445 g/mol. The molecule has 1 N–H and O–H groups in total. The Morgan fingerprint density at radius 3 is 2.17 bits per heavy atom. The van der Waals surface area contributed by atoms with E-state index in [0.29, 0.717) is 4.68 Å². The fourth-order valence-electron chi connectivity index (χ4n) is 3.21. The number of aromatic nitrogens is 4. The highest BCUT2D eigenvalue weighted by atomic mass is 35.5. The molecule has 7 nitrogen and oxygen atoms in total. The first-order valence-electron chi connectivity index (χ1n) is 8.25. The van der Waals surface area contributed by atoms with Crippen molar-refractivity contribution in [3.8, 4) is 11.4 Å². The van der Waals surface area contributed by atoms with Crippen LogP contribution in [-0.2, 0) is 20.3 Å². The fraction of sp³-hybridized carbons (Fsp3) is 0.222. The summed E-state index contributed by atoms with van der Waals surface area (Å²) >= 11 is 5.70. The number of alkyl halides is 3. The number of ketones is 1. The van der Waals surface area contributed by atoms with E-state index in [1.165, 1.54) is 20.0 Å². The van der Waals surface area contributed by atoms with Crippen molar-refractivity contribution in [3.63, 3.8) is 0 Å². The number of carboxylic acids is 1. The van der Waals surface area contributed by atoms with Gasteiger partial charge in [-0.25, -0.2) is 9.18 Å². The standard InChI is InChI=1S/C18H13ClF4N4O3/c1-7-11(15(28)9-5-4-8(19)6-10(9)20)13(26(2)24-7)14-12(17(29)30)16(18(21,22)23)25-27(14)3/h4-6H,1-3H3,(H,29,30). The number of nitrogens with zero attached hydrogens (tertiary/aromatic N) is 4. The van der Waals surface area contributed by atoms with Gasteiger partial charge < -0.3 is 5.11 Å². The van der Waals surface area contributed by atoms with Gasteiger partial charge in [0.05, 0.1) is 22.5 Å². The van der Waals surface area contributed by atoms with Crippen molar-refractivity contribution in [1.82, 2.24) is 19.6 Å². The molecule has 2 heterocycles. The van der Waals surface area contributed by atoms with Crippen LogP contribution >= 0.6 is 11.6 Å². The molecule has 1 aromatic carbocycles. The van der Waals surface area contributed by atoms with Crippen LogP contribution in [-0.4, -0.2) is 36.4 Å². The lowest BCUT2D eigenvalue weighted by Gasteiger charge is -2.09. The van der Waals surface area contributed by atoms with Crippen LogP contribution in [0.4, 0.5) is 17.6 Å². The molecule has 0 atom stereocenters. The van der Waals surface area contributed by atoms with Crippen LogP contribution in [0.2, 0.25) is 5.02 Å². The average Bonchev–Trinajstić information content (AvgIpc) is 3.09. The van der Waals surface area contributed by atoms with E-state index in [4.69, 9.17) is 11.6 Å². The summed E-state index contributed by atoms with van der Waals surface area (Å²) in [5, 5.41) is 16.8. The lowest BCUT2D eigenvalue weighted by Crippen LogP contribution is -2.13. The van der Waals surface area contributed by atoms with Crippen LogP contribution in [0, 0.1) is 12.7 Å². The Kier molecular flexibility index (Phi) is 5.19. The number of aryl methyl sites for hydroxylation is 3. The fourth-order valence-corrected chi connectivity index (χ4v) is 3.37. The zero-order valence-corrected chi connectivity index (χ0v) is 16.4. The van der Waals surface area contributed by atoms with Crippen LogP contribution in [0.15, 0.2) is 18.2 Å². The van der Waals surface area contributed by atoms with Gasteiger partial charge in [-0.15, -0.1) is 0 Å². The Morgan fingerprint density at radius 2 is 1.63 bits per heavy atom. The molecule has 158 valence electrons. The molecule has 0 radical (unpaired) electrons. The molecule has 12 heteroatoms. The van der Waals surface area contributed by atoms with E-state index < -0.39 is 46.3 Å². The topological polar surface area (TPSA) is 90.0 Å². The number of hydrogen-bond donors (Lipinski definition) is 1. The van der Waals surface area contributed by atoms with Crippen molar-refractivity contribution in [2.75, 3.05) is 0 Å². The first kappa shape index (κ1) is 21.5. The summed E-state index contributed by atoms with van der Waals surface area (Å²) in [6.07, 6.45) is -5.05. The van der Waals surface area contributed by atoms with Crippen LogP contribution in [0.25, 0.3) is 11.4 Å². The van der Waals surface area contributed by atoms with Crippen molar-refractivity contribution < 1.29 is 32.3 Å². The molecule has 0 bridgehead atoms. The van der Waals surface area contributed by atoms with Gasteiger partial charge in [0.1, 0.15) is 17.1 Å². The third kappa shape index (κ3) is 3.45. The highest BCUT2D eigenvalue weighted by Crippen LogP contribution is 2.38. The van der Waals surface area contributed by atoms with Crippen LogP contribution < -0.4 is 0 Å². The minimum atomic E-state index is -5.05. The maximum Gasteiger partial charge on any atom is 0.436 e. The molecule has 0 aliphatic heterocycles. The van der Waals surface area contributed by atoms with E-state index in [1.807, 2.05) is 0 Å². The zero-order valence-electron chi connectivity index (χ0n) is 15.7. The third-order valence-electron chi connectivity index (χ3n) is 4.38. The molecule has 3 aromatic rings. The smallest absolute Gasteiger partial charge is 0.436 e. The molecule has 0 unspecified atom stereocenters. The van der Waals surface area contributed by atoms with Crippen LogP contribution in [0.3, 0.4) is 0 Å². The third-order valence-corrected chi connectivity index (χ3v) is 4.61. The Hall–Kier alpha value is -3.21. The minimum Gasteiger partial charge on any atom is -0.478 e. The van der Waals surface area contributed by atoms with Crippen molar-refractivity contribution in [2.24, 2.45) is 14.1 Å². The summed E-state index contributed by atoms with van der Waals surface area (Å²) in [5.41, 5.74) is -4.07. The quantitative estimate of drug-likeness (QED) is 0.487. The number of carbonyl (C=O) groups is 2. The number of benzene rings is 1. The Labute approximate surface area is 171 Å². The monoisotopic (exact) mass is 444 g/mol. The van der Waals surface area contributed by atoms with Crippen molar-refractivity contribution in [3.05, 3.63) is 57.1 Å². The van der Waals surface area contributed by atoms with Crippen molar-refractivity contribution in [1.29, 1.82) is 0 Å². The van der Waals surface area contributed by atoms with Crippen molar-refractivity contribution in [2.45, 2.75) is 13.1 Å². The molecule has 0 aliphatic carbocycles. The Bertz CT molecular complexity index is 1200. The zero-order chi connectivity index (χ0) is 22.5. The number of carboxylic acid groups (broad SMARTS) is 1. The molecule has 30 heavy (non-hydrogen) atoms. The van der Waals surface area contributed by atoms with Crippen LogP contribution in [0.1, 0.15) is 37.7 Å². The number of carbonyl (C=O) groups excluding carboxylic acids is 1. The predicted molar refractivity (Wildman–Crippen MR) is 97.0 cm³/mol. The lowest BCUT2D eigenvalue weighted by molar-refractivity contribution is -0.141. The molecule has 0 spiro atoms. The SMILES string of the molecule is Cc1nn(C)c(-c2c(C(=O)O)c(C(F)(F)F)nn2C)c1C(=O)c1ccc(Cl)cc1F. The Balaban J connectivity index is 2.34. The van der Waals surface area contributed by atoms with E-state index in [9.17, 15) is 32.3 Å². The summed E-state index contributed by atoms with van der Waals surface area (Å²) in [6.45, 7) is 1.39. The summed E-state index contributed by atoms with van der Waals surface area (Å²) in [7, 11) is 2.43. The largest absolute Gasteiger partial charge is 0.478 e. The van der Waals surface area contributed by atoms with Gasteiger partial charge in [0.15, 0.2) is 11.5 Å². The molecule has 0 amide bonds. The molecule has 0 aliphatic rings. The second-order valence-electron chi connectivity index (χ2n) is 6.38. The first-order valence-corrected chi connectivity index (χ1v) is 8.63. The summed E-state index contributed by atoms with van der Waals surface area (Å²) in [6, 6.07) is 3.31. The molecule has 0 saturated carbocycles. The van der Waals surface area contributed by atoms with E-state index in [2.05, 4.69) is 10.2 Å². The van der Waals surface area contributed by atoms with Gasteiger partial charge in [-0.3, -0.25) is 14.2 Å². The normalized spacial score (nSPS) is 11.7. The van der Waals surface area contributed by atoms with Crippen molar-refractivity contribution >= 4 is 23.4 Å². The molecule has 3 rings (SSSR count). The van der Waals surface area contributed by atoms with Gasteiger partial charge in [0.2, 0.25) is 0 Å². The minimum absolute atomic E-state index is 0.0433. The van der Waals surface area contributed by atoms with Gasteiger partial charge in [-0.2, -0.15) is 23.4 Å². The summed E-state index contributed by atoms with van der Waals surface area (Å²) in [5.74, 6) is -3.72. The Morgan fingerprint density at radius 1 is 1.07 bits per heavy atom. The van der Waals surface area contributed by atoms with E-state index >= 15 is 0 Å². The van der Waals surface area contributed by atoms with Gasteiger partial charge in [0.25, 0.3) is 0 Å². The van der Waals surface area contributed by atoms with Gasteiger partial charge in [0, 0.05) is 19.1 Å². The number of hydrogen-bond acceptors (Lipinski definition) is 4. The molecular formula is C18H13ClF4N4O3. The van der Waals surface area contributed by atoms with Crippen LogP contribution in [0.5, 0.6) is 0 Å².